The van der Waals surface area contributed by atoms with Crippen molar-refractivity contribution in [3.05, 3.63) is 20.3 Å². The van der Waals surface area contributed by atoms with Gasteiger partial charge in [-0.15, -0.1) is 0 Å². The van der Waals surface area contributed by atoms with Crippen molar-refractivity contribution in [3.63, 3.8) is 0 Å². The lowest BCUT2D eigenvalue weighted by atomic mass is 10.4. The van der Waals surface area contributed by atoms with E-state index in [1.54, 1.807) is 0 Å². The van der Waals surface area contributed by atoms with Crippen molar-refractivity contribution in [2.24, 2.45) is 5.92 Å². The molecule has 1 aliphatic rings. The van der Waals surface area contributed by atoms with E-state index in [4.69, 9.17) is 11.6 Å². The highest BCUT2D eigenvalue weighted by molar-refractivity contribution is 7.08. The van der Waals surface area contributed by atoms with Gasteiger partial charge in [0.05, 0.1) is 0 Å². The second-order valence-electron chi connectivity index (χ2n) is 3.49. The van der Waals surface area contributed by atoms with E-state index < -0.39 is 29.9 Å². The molecule has 0 aromatic carbocycles. The molecule has 0 spiro atoms. The van der Waals surface area contributed by atoms with Crippen LogP contribution in [0, 0.1) is 5.92 Å². The summed E-state index contributed by atoms with van der Waals surface area (Å²) in [4.78, 5) is 22.5. The normalized spacial score (nSPS) is 23.5. The van der Waals surface area contributed by atoms with Gasteiger partial charge in [-0.05, 0) is 6.42 Å². The van der Waals surface area contributed by atoms with Gasteiger partial charge in [0.25, 0.3) is 11.5 Å². The Kier molecular flexibility index (Phi) is 2.98. The van der Waals surface area contributed by atoms with Crippen LogP contribution in [0.4, 0.5) is 8.78 Å². The van der Waals surface area contributed by atoms with Gasteiger partial charge in [-0.2, -0.15) is 0 Å². The molecule has 1 fully saturated rings. The van der Waals surface area contributed by atoms with Crippen LogP contribution in [0.1, 0.15) is 16.1 Å². The van der Waals surface area contributed by atoms with Crippen molar-refractivity contribution >= 4 is 29.0 Å². The molecule has 1 aromatic heterocycles. The Hall–Kier alpha value is -0.950. The molecule has 0 radical (unpaired) electrons. The number of halogens is 3. The predicted octanol–water partition coefficient (Wildman–Crippen LogP) is 1.47. The van der Waals surface area contributed by atoms with Crippen molar-refractivity contribution in [3.8, 4) is 0 Å². The third kappa shape index (κ3) is 2.10. The molecule has 2 rings (SSSR count). The first-order valence-corrected chi connectivity index (χ1v) is 5.66. The van der Waals surface area contributed by atoms with Gasteiger partial charge < -0.3 is 5.32 Å². The summed E-state index contributed by atoms with van der Waals surface area (Å²) in [5.74, 6) is -1.36. The molecule has 2 N–H and O–H groups in total. The maximum absolute atomic E-state index is 12.2. The van der Waals surface area contributed by atoms with Crippen LogP contribution in [-0.4, -0.2) is 22.7 Å². The molecule has 0 bridgehead atoms. The first-order valence-electron chi connectivity index (χ1n) is 4.46. The van der Waals surface area contributed by atoms with Crippen molar-refractivity contribution in [2.45, 2.75) is 18.9 Å². The van der Waals surface area contributed by atoms with E-state index in [0.717, 1.165) is 11.5 Å². The summed E-state index contributed by atoms with van der Waals surface area (Å²) in [6.45, 7) is 0. The van der Waals surface area contributed by atoms with Crippen molar-refractivity contribution < 1.29 is 13.6 Å². The Bertz CT molecular complexity index is 473. The second kappa shape index (κ2) is 4.14. The number of carbonyl (C=O) groups is 1. The Balaban J connectivity index is 2.00. The van der Waals surface area contributed by atoms with Gasteiger partial charge >= 0.3 is 0 Å². The first-order chi connectivity index (χ1) is 7.50. The zero-order valence-electron chi connectivity index (χ0n) is 7.80. The summed E-state index contributed by atoms with van der Waals surface area (Å²) in [5, 5.41) is 2.21. The number of H-pyrrole nitrogens is 1. The quantitative estimate of drug-likeness (QED) is 0.872. The number of hydrogen-bond donors (Lipinski definition) is 2. The van der Waals surface area contributed by atoms with E-state index in [2.05, 4.69) is 9.69 Å². The fourth-order valence-electron chi connectivity index (χ4n) is 1.33. The van der Waals surface area contributed by atoms with E-state index in [1.165, 1.54) is 0 Å². The number of carbonyl (C=O) groups excluding carboxylic acids is 1. The molecule has 1 heterocycles. The molecule has 1 aliphatic carbocycles. The first kappa shape index (κ1) is 11.5. The zero-order chi connectivity index (χ0) is 11.9. The third-order valence-electron chi connectivity index (χ3n) is 2.33. The number of nitrogens with one attached hydrogen (secondary N) is 2. The number of rotatable bonds is 3. The fraction of sp³-hybridized carbons (Fsp3) is 0.500. The van der Waals surface area contributed by atoms with Crippen molar-refractivity contribution in [1.29, 1.82) is 0 Å². The second-order valence-corrected chi connectivity index (χ2v) is 4.68. The summed E-state index contributed by atoms with van der Waals surface area (Å²) < 4.78 is 26.6. The lowest BCUT2D eigenvalue weighted by molar-refractivity contribution is 0.0930. The Morgan fingerprint density at radius 3 is 2.75 bits per heavy atom. The van der Waals surface area contributed by atoms with Crippen LogP contribution in [-0.2, 0) is 0 Å². The van der Waals surface area contributed by atoms with E-state index >= 15 is 0 Å². The van der Waals surface area contributed by atoms with Gasteiger partial charge in [-0.25, -0.2) is 8.78 Å². The van der Waals surface area contributed by atoms with Crippen LogP contribution in [0.2, 0.25) is 5.02 Å². The summed E-state index contributed by atoms with van der Waals surface area (Å²) in [6, 6.07) is -0.513. The van der Waals surface area contributed by atoms with Crippen molar-refractivity contribution in [2.75, 3.05) is 0 Å². The number of aromatic amines is 1. The van der Waals surface area contributed by atoms with E-state index in [1.807, 2.05) is 0 Å². The fourth-order valence-corrected chi connectivity index (χ4v) is 2.26. The molecule has 88 valence electrons. The summed E-state index contributed by atoms with van der Waals surface area (Å²) in [5.41, 5.74) is -0.543. The van der Waals surface area contributed by atoms with Gasteiger partial charge in [-0.3, -0.25) is 14.0 Å². The Morgan fingerprint density at radius 2 is 2.31 bits per heavy atom. The monoisotopic (exact) mass is 268 g/mol. The maximum atomic E-state index is 12.2. The molecule has 4 nitrogen and oxygen atoms in total. The zero-order valence-corrected chi connectivity index (χ0v) is 9.37. The summed E-state index contributed by atoms with van der Waals surface area (Å²) in [6.07, 6.45) is -2.16. The molecule has 0 saturated heterocycles. The van der Waals surface area contributed by atoms with E-state index in [9.17, 15) is 18.4 Å². The standard InChI is InChI=1S/C8H7ClF2N2O2S/c9-4-5(16-13-7(4)14)8(15)12-3-1-2(3)6(10)11/h2-3,6H,1H2,(H,12,15)(H,13,14)/t2-,3+/m0/s1. The predicted molar refractivity (Wildman–Crippen MR) is 55.3 cm³/mol. The van der Waals surface area contributed by atoms with Gasteiger partial charge in [0, 0.05) is 12.0 Å². The van der Waals surface area contributed by atoms with Crippen LogP contribution in [0.5, 0.6) is 0 Å². The minimum absolute atomic E-state index is 0.0339. The SMILES string of the molecule is O=C(N[C@@H]1C[C@@H]1C(F)F)c1s[nH]c(=O)c1Cl. The van der Waals surface area contributed by atoms with Gasteiger partial charge in [0.15, 0.2) is 0 Å². The lowest BCUT2D eigenvalue weighted by Crippen LogP contribution is -2.27. The highest BCUT2D eigenvalue weighted by Crippen LogP contribution is 2.36. The largest absolute Gasteiger partial charge is 0.348 e. The maximum Gasteiger partial charge on any atom is 0.277 e. The van der Waals surface area contributed by atoms with Crippen LogP contribution in [0.25, 0.3) is 0 Å². The molecular weight excluding hydrogens is 262 g/mol. The topological polar surface area (TPSA) is 62.0 Å². The van der Waals surface area contributed by atoms with E-state index in [-0.39, 0.29) is 16.3 Å². The molecule has 0 aliphatic heterocycles. The summed E-state index contributed by atoms with van der Waals surface area (Å²) in [7, 11) is 0. The molecular formula is C8H7ClF2N2O2S. The summed E-state index contributed by atoms with van der Waals surface area (Å²) >= 11 is 6.36. The van der Waals surface area contributed by atoms with Crippen LogP contribution < -0.4 is 10.9 Å². The molecule has 1 saturated carbocycles. The Labute approximate surface area is 97.8 Å². The molecule has 0 unspecified atom stereocenters. The molecule has 16 heavy (non-hydrogen) atoms. The van der Waals surface area contributed by atoms with Crippen molar-refractivity contribution in [1.82, 2.24) is 9.69 Å². The third-order valence-corrected chi connectivity index (χ3v) is 3.68. The Morgan fingerprint density at radius 1 is 1.62 bits per heavy atom. The highest BCUT2D eigenvalue weighted by atomic mass is 35.5. The highest BCUT2D eigenvalue weighted by Gasteiger charge is 2.45. The molecule has 2 atom stereocenters. The number of amides is 1. The average Bonchev–Trinajstić information content (AvgIpc) is 2.89. The van der Waals surface area contributed by atoms with Gasteiger partial charge in [0.2, 0.25) is 6.43 Å². The molecule has 8 heteroatoms. The van der Waals surface area contributed by atoms with E-state index in [0.29, 0.717) is 0 Å². The van der Waals surface area contributed by atoms with Gasteiger partial charge in [0.1, 0.15) is 9.90 Å². The minimum Gasteiger partial charge on any atom is -0.348 e. The molecule has 1 amide bonds. The van der Waals surface area contributed by atoms with Gasteiger partial charge in [-0.1, -0.05) is 23.1 Å². The lowest BCUT2D eigenvalue weighted by Gasteiger charge is -2.01. The van der Waals surface area contributed by atoms with Crippen LogP contribution in [0.15, 0.2) is 4.79 Å². The minimum atomic E-state index is -2.43. The smallest absolute Gasteiger partial charge is 0.277 e. The van der Waals surface area contributed by atoms with Crippen LogP contribution >= 0.6 is 23.1 Å². The number of aromatic nitrogens is 1. The number of alkyl halides is 2. The number of hydrogen-bond acceptors (Lipinski definition) is 3. The molecule has 1 aromatic rings. The average molecular weight is 269 g/mol. The van der Waals surface area contributed by atoms with Crippen LogP contribution in [0.3, 0.4) is 0 Å².